The number of para-hydroxylation sites is 1. The molecule has 0 aliphatic heterocycles. The number of aliphatic hydroxyl groups excluding tert-OH is 1. The fourth-order valence-corrected chi connectivity index (χ4v) is 1.76. The molecule has 0 saturated carbocycles. The van der Waals surface area contributed by atoms with Gasteiger partial charge in [-0.05, 0) is 36.5 Å². The van der Waals surface area contributed by atoms with Gasteiger partial charge in [-0.2, -0.15) is 4.68 Å². The monoisotopic (exact) mass is 247 g/mol. The summed E-state index contributed by atoms with van der Waals surface area (Å²) in [6, 6.07) is 9.80. The Hall–Kier alpha value is -1.79. The summed E-state index contributed by atoms with van der Waals surface area (Å²) in [5, 5.41) is 20.8. The predicted molar refractivity (Wildman–Crippen MR) is 67.3 cm³/mol. The van der Waals surface area contributed by atoms with E-state index in [1.807, 2.05) is 49.2 Å². The highest BCUT2D eigenvalue weighted by Gasteiger charge is 2.19. The second kappa shape index (κ2) is 5.70. The third-order valence-corrected chi connectivity index (χ3v) is 2.98. The second-order valence-corrected chi connectivity index (χ2v) is 4.16. The lowest BCUT2D eigenvalue weighted by atomic mass is 10.2. The van der Waals surface area contributed by atoms with Gasteiger partial charge < -0.3 is 5.11 Å². The van der Waals surface area contributed by atoms with Gasteiger partial charge in [0.25, 0.3) is 0 Å². The van der Waals surface area contributed by atoms with Gasteiger partial charge in [-0.15, -0.1) is 5.10 Å². The normalized spacial score (nSPS) is 12.9. The van der Waals surface area contributed by atoms with Gasteiger partial charge in [-0.25, -0.2) is 0 Å². The molecule has 6 heteroatoms. The van der Waals surface area contributed by atoms with E-state index in [1.54, 1.807) is 4.68 Å². The molecule has 0 fully saturated rings. The van der Waals surface area contributed by atoms with E-state index in [0.29, 0.717) is 6.54 Å². The van der Waals surface area contributed by atoms with Crippen LogP contribution >= 0.6 is 0 Å². The fraction of sp³-hybridized carbons (Fsp3) is 0.417. The van der Waals surface area contributed by atoms with Gasteiger partial charge in [0.2, 0.25) is 0 Å². The van der Waals surface area contributed by atoms with Gasteiger partial charge in [0, 0.05) is 6.54 Å². The van der Waals surface area contributed by atoms with Gasteiger partial charge in [-0.3, -0.25) is 4.90 Å². The lowest BCUT2D eigenvalue weighted by Gasteiger charge is -2.22. The quantitative estimate of drug-likeness (QED) is 0.840. The number of aromatic nitrogens is 4. The maximum Gasteiger partial charge on any atom is 0.173 e. The molecule has 0 saturated heterocycles. The first-order valence-electron chi connectivity index (χ1n) is 5.89. The van der Waals surface area contributed by atoms with Gasteiger partial charge >= 0.3 is 0 Å². The molecule has 0 aliphatic rings. The highest BCUT2D eigenvalue weighted by atomic mass is 16.3. The van der Waals surface area contributed by atoms with Crippen molar-refractivity contribution < 1.29 is 5.11 Å². The molecule has 2 rings (SSSR count). The molecule has 1 aromatic carbocycles. The Labute approximate surface area is 106 Å². The molecule has 18 heavy (non-hydrogen) atoms. The van der Waals surface area contributed by atoms with E-state index in [-0.39, 0.29) is 12.6 Å². The van der Waals surface area contributed by atoms with Crippen LogP contribution in [0, 0.1) is 0 Å². The van der Waals surface area contributed by atoms with Crippen LogP contribution in [0.4, 0.5) is 0 Å². The van der Waals surface area contributed by atoms with E-state index in [4.69, 9.17) is 5.11 Å². The van der Waals surface area contributed by atoms with Crippen molar-refractivity contribution in [3.05, 3.63) is 36.2 Å². The SMILES string of the molecule is CC(c1nnnn1-c1ccccc1)N(C)CCO. The Kier molecular flexibility index (Phi) is 4.01. The summed E-state index contributed by atoms with van der Waals surface area (Å²) in [7, 11) is 1.94. The van der Waals surface area contributed by atoms with Crippen LogP contribution in [0.5, 0.6) is 0 Å². The van der Waals surface area contributed by atoms with Crippen LogP contribution in [0.3, 0.4) is 0 Å². The van der Waals surface area contributed by atoms with Gasteiger partial charge in [0.15, 0.2) is 5.82 Å². The average molecular weight is 247 g/mol. The van der Waals surface area contributed by atoms with E-state index >= 15 is 0 Å². The number of rotatable bonds is 5. The van der Waals surface area contributed by atoms with Gasteiger partial charge in [0.05, 0.1) is 18.3 Å². The highest BCUT2D eigenvalue weighted by Crippen LogP contribution is 2.18. The molecular weight excluding hydrogens is 230 g/mol. The van der Waals surface area contributed by atoms with Gasteiger partial charge in [-0.1, -0.05) is 18.2 Å². The Morgan fingerprint density at radius 2 is 2.06 bits per heavy atom. The molecule has 1 aromatic heterocycles. The van der Waals surface area contributed by atoms with Crippen molar-refractivity contribution in [3.63, 3.8) is 0 Å². The maximum atomic E-state index is 8.97. The minimum absolute atomic E-state index is 0.0346. The Morgan fingerprint density at radius 1 is 1.33 bits per heavy atom. The number of benzene rings is 1. The molecule has 1 unspecified atom stereocenters. The second-order valence-electron chi connectivity index (χ2n) is 4.16. The summed E-state index contributed by atoms with van der Waals surface area (Å²) in [5.74, 6) is 0.761. The third kappa shape index (κ3) is 2.55. The van der Waals surface area contributed by atoms with Crippen molar-refractivity contribution in [3.8, 4) is 5.69 Å². The number of aliphatic hydroxyl groups is 1. The van der Waals surface area contributed by atoms with E-state index < -0.39 is 0 Å². The summed E-state index contributed by atoms with van der Waals surface area (Å²) in [5.41, 5.74) is 0.932. The zero-order valence-electron chi connectivity index (χ0n) is 10.6. The molecule has 0 radical (unpaired) electrons. The molecule has 1 atom stereocenters. The average Bonchev–Trinajstić information content (AvgIpc) is 2.88. The first-order valence-corrected chi connectivity index (χ1v) is 5.89. The molecule has 2 aromatic rings. The van der Waals surface area contributed by atoms with Gasteiger partial charge in [0.1, 0.15) is 0 Å². The third-order valence-electron chi connectivity index (χ3n) is 2.98. The predicted octanol–water partition coefficient (Wildman–Crippen LogP) is 0.647. The van der Waals surface area contributed by atoms with E-state index in [0.717, 1.165) is 11.5 Å². The molecular formula is C12H17N5O. The van der Waals surface area contributed by atoms with Crippen LogP contribution in [0.15, 0.2) is 30.3 Å². The van der Waals surface area contributed by atoms with Crippen LogP contribution in [0.1, 0.15) is 18.8 Å². The van der Waals surface area contributed by atoms with Crippen molar-refractivity contribution in [2.75, 3.05) is 20.2 Å². The summed E-state index contributed by atoms with van der Waals surface area (Å²) in [6.45, 7) is 2.72. The van der Waals surface area contributed by atoms with Crippen LogP contribution in [0.25, 0.3) is 5.69 Å². The number of nitrogens with zero attached hydrogens (tertiary/aromatic N) is 5. The van der Waals surface area contributed by atoms with Crippen LogP contribution in [0.2, 0.25) is 0 Å². The van der Waals surface area contributed by atoms with Crippen molar-refractivity contribution in [2.24, 2.45) is 0 Å². The van der Waals surface area contributed by atoms with Crippen LogP contribution in [-0.2, 0) is 0 Å². The number of likely N-dealkylation sites (N-methyl/N-ethyl adjacent to an activating group) is 1. The molecule has 6 nitrogen and oxygen atoms in total. The minimum atomic E-state index is 0.0346. The maximum absolute atomic E-state index is 8.97. The summed E-state index contributed by atoms with van der Waals surface area (Å²) >= 11 is 0. The van der Waals surface area contributed by atoms with Crippen molar-refractivity contribution >= 4 is 0 Å². The minimum Gasteiger partial charge on any atom is -0.395 e. The molecule has 0 aliphatic carbocycles. The van der Waals surface area contributed by atoms with E-state index in [2.05, 4.69) is 15.5 Å². The summed E-state index contributed by atoms with van der Waals surface area (Å²) in [6.07, 6.45) is 0. The topological polar surface area (TPSA) is 67.1 Å². The highest BCUT2D eigenvalue weighted by molar-refractivity contribution is 5.30. The van der Waals surface area contributed by atoms with Crippen molar-refractivity contribution in [1.29, 1.82) is 0 Å². The lowest BCUT2D eigenvalue weighted by molar-refractivity contribution is 0.183. The van der Waals surface area contributed by atoms with Crippen molar-refractivity contribution in [2.45, 2.75) is 13.0 Å². The standard InChI is InChI=1S/C12H17N5O/c1-10(16(2)8-9-18)12-13-14-15-17(12)11-6-4-3-5-7-11/h3-7,10,18H,8-9H2,1-2H3. The zero-order valence-corrected chi connectivity index (χ0v) is 10.6. The largest absolute Gasteiger partial charge is 0.395 e. The first kappa shape index (κ1) is 12.7. The first-order chi connectivity index (χ1) is 8.74. The smallest absolute Gasteiger partial charge is 0.173 e. The number of hydrogen-bond acceptors (Lipinski definition) is 5. The Morgan fingerprint density at radius 3 is 2.72 bits per heavy atom. The number of hydrogen-bond donors (Lipinski definition) is 1. The van der Waals surface area contributed by atoms with Crippen LogP contribution < -0.4 is 0 Å². The lowest BCUT2D eigenvalue weighted by Crippen LogP contribution is -2.27. The Balaban J connectivity index is 2.28. The van der Waals surface area contributed by atoms with Crippen molar-refractivity contribution in [1.82, 2.24) is 25.1 Å². The van der Waals surface area contributed by atoms with E-state index in [9.17, 15) is 0 Å². The number of tetrazole rings is 1. The molecule has 0 amide bonds. The fourth-order valence-electron chi connectivity index (χ4n) is 1.76. The molecule has 1 heterocycles. The van der Waals surface area contributed by atoms with E-state index in [1.165, 1.54) is 0 Å². The molecule has 1 N–H and O–H groups in total. The Bertz CT molecular complexity index is 484. The molecule has 0 spiro atoms. The summed E-state index contributed by atoms with van der Waals surface area (Å²) < 4.78 is 1.72. The molecule has 0 bridgehead atoms. The summed E-state index contributed by atoms with van der Waals surface area (Å²) in [4.78, 5) is 2.01. The zero-order chi connectivity index (χ0) is 13.0. The van der Waals surface area contributed by atoms with Crippen LogP contribution in [-0.4, -0.2) is 50.4 Å². The molecule has 96 valence electrons.